The number of carbonyl (C=O) groups excluding carboxylic acids is 2. The third kappa shape index (κ3) is 2.86. The van der Waals surface area contributed by atoms with Gasteiger partial charge in [0.05, 0.1) is 18.0 Å². The van der Waals surface area contributed by atoms with Gasteiger partial charge in [0.15, 0.2) is 0 Å². The molecular weight excluding hydrogens is 290 g/mol. The number of rotatable bonds is 3. The van der Waals surface area contributed by atoms with Crippen molar-refractivity contribution in [1.82, 2.24) is 4.90 Å². The Kier molecular flexibility index (Phi) is 4.06. The van der Waals surface area contributed by atoms with Crippen LogP contribution >= 0.6 is 11.3 Å². The van der Waals surface area contributed by atoms with Crippen molar-refractivity contribution in [2.24, 2.45) is 0 Å². The second-order valence-electron chi connectivity index (χ2n) is 4.99. The molecule has 2 atom stereocenters. The number of imide groups is 1. The van der Waals surface area contributed by atoms with Crippen molar-refractivity contribution in [3.05, 3.63) is 21.9 Å². The van der Waals surface area contributed by atoms with E-state index in [1.807, 2.05) is 12.1 Å². The molecule has 0 aliphatic carbocycles. The maximum Gasteiger partial charge on any atom is 0.258 e. The third-order valence-corrected chi connectivity index (χ3v) is 4.51. The van der Waals surface area contributed by atoms with Gasteiger partial charge in [-0.1, -0.05) is 11.8 Å². The maximum absolute atomic E-state index is 12.1. The Bertz CT molecular complexity index is 605. The average molecular weight is 305 g/mol. The van der Waals surface area contributed by atoms with Crippen LogP contribution in [0.3, 0.4) is 0 Å². The second-order valence-corrected chi connectivity index (χ2v) is 6.16. The minimum Gasteiger partial charge on any atom is -0.395 e. The molecule has 0 spiro atoms. The van der Waals surface area contributed by atoms with Crippen LogP contribution in [-0.4, -0.2) is 40.6 Å². The van der Waals surface area contributed by atoms with Gasteiger partial charge in [0.1, 0.15) is 12.2 Å². The summed E-state index contributed by atoms with van der Waals surface area (Å²) in [6, 6.07) is 3.75. The molecule has 110 valence electrons. The molecule has 2 aliphatic rings. The Morgan fingerprint density at radius 1 is 1.29 bits per heavy atom. The van der Waals surface area contributed by atoms with E-state index in [-0.39, 0.29) is 18.4 Å². The molecule has 0 aromatic carbocycles. The fourth-order valence-corrected chi connectivity index (χ4v) is 3.38. The van der Waals surface area contributed by atoms with E-state index in [1.165, 1.54) is 16.2 Å². The van der Waals surface area contributed by atoms with E-state index in [1.54, 1.807) is 0 Å². The number of morpholine rings is 1. The number of carbonyl (C=O) groups is 2. The van der Waals surface area contributed by atoms with E-state index >= 15 is 0 Å². The van der Waals surface area contributed by atoms with Crippen molar-refractivity contribution in [3.8, 4) is 11.8 Å². The highest BCUT2D eigenvalue weighted by Crippen LogP contribution is 2.30. The molecule has 2 unspecified atom stereocenters. The summed E-state index contributed by atoms with van der Waals surface area (Å²) in [5, 5.41) is 8.69. The first-order chi connectivity index (χ1) is 10.2. The predicted octanol–water partition coefficient (Wildman–Crippen LogP) is 0.898. The topological polar surface area (TPSA) is 66.8 Å². The van der Waals surface area contributed by atoms with Gasteiger partial charge in [-0.3, -0.25) is 14.5 Å². The molecule has 2 bridgehead atoms. The Labute approximate surface area is 126 Å². The van der Waals surface area contributed by atoms with Gasteiger partial charge < -0.3 is 9.84 Å². The van der Waals surface area contributed by atoms with E-state index in [9.17, 15) is 9.59 Å². The number of aliphatic hydroxyl groups is 1. The normalized spacial score (nSPS) is 24.1. The first kappa shape index (κ1) is 14.3. The highest BCUT2D eigenvalue weighted by molar-refractivity contribution is 7.12. The van der Waals surface area contributed by atoms with Crippen molar-refractivity contribution < 1.29 is 19.4 Å². The van der Waals surface area contributed by atoms with Gasteiger partial charge >= 0.3 is 0 Å². The zero-order valence-corrected chi connectivity index (χ0v) is 12.2. The Hall–Kier alpha value is -1.68. The van der Waals surface area contributed by atoms with E-state index in [0.29, 0.717) is 25.8 Å². The zero-order valence-electron chi connectivity index (χ0n) is 11.4. The SMILES string of the molecule is O=C1C2CCC(O2)C(=O)N1Cc1ccc(C#CCCO)s1. The van der Waals surface area contributed by atoms with Crippen molar-refractivity contribution in [1.29, 1.82) is 0 Å². The van der Waals surface area contributed by atoms with E-state index in [2.05, 4.69) is 11.8 Å². The number of fused-ring (bicyclic) bond motifs is 2. The van der Waals surface area contributed by atoms with Gasteiger partial charge in [0, 0.05) is 11.3 Å². The minimum absolute atomic E-state index is 0.0464. The molecule has 21 heavy (non-hydrogen) atoms. The van der Waals surface area contributed by atoms with Crippen LogP contribution < -0.4 is 0 Å². The maximum atomic E-state index is 12.1. The van der Waals surface area contributed by atoms with Crippen LogP contribution in [-0.2, 0) is 20.9 Å². The van der Waals surface area contributed by atoms with Crippen LogP contribution in [0.2, 0.25) is 0 Å². The number of hydrogen-bond donors (Lipinski definition) is 1. The lowest BCUT2D eigenvalue weighted by Crippen LogP contribution is -2.51. The fourth-order valence-electron chi connectivity index (χ4n) is 2.50. The Morgan fingerprint density at radius 3 is 2.67 bits per heavy atom. The van der Waals surface area contributed by atoms with Gasteiger partial charge in [-0.25, -0.2) is 0 Å². The Balaban J connectivity index is 1.70. The summed E-state index contributed by atoms with van der Waals surface area (Å²) in [5.74, 6) is 5.35. The summed E-state index contributed by atoms with van der Waals surface area (Å²) < 4.78 is 5.38. The molecule has 0 saturated carbocycles. The lowest BCUT2D eigenvalue weighted by molar-refractivity contribution is -0.169. The standard InChI is InChI=1S/C15H15NO4S/c17-8-2-1-3-10-4-5-11(21-10)9-16-14(18)12-6-7-13(20-12)15(16)19/h4-5,12-13,17H,2,6-9H2. The van der Waals surface area contributed by atoms with Crippen LogP contribution in [0.5, 0.6) is 0 Å². The predicted molar refractivity (Wildman–Crippen MR) is 76.4 cm³/mol. The summed E-state index contributed by atoms with van der Waals surface area (Å²) in [6.07, 6.45) is 0.812. The molecule has 1 aromatic rings. The number of amides is 2. The number of thiophene rings is 1. The van der Waals surface area contributed by atoms with Crippen LogP contribution in [0.4, 0.5) is 0 Å². The van der Waals surface area contributed by atoms with Crippen molar-refractivity contribution in [3.63, 3.8) is 0 Å². The van der Waals surface area contributed by atoms with Gasteiger partial charge in [0.25, 0.3) is 11.8 Å². The molecule has 5 nitrogen and oxygen atoms in total. The van der Waals surface area contributed by atoms with Crippen LogP contribution in [0, 0.1) is 11.8 Å². The monoisotopic (exact) mass is 305 g/mol. The van der Waals surface area contributed by atoms with E-state index in [4.69, 9.17) is 9.84 Å². The summed E-state index contributed by atoms with van der Waals surface area (Å²) in [5.41, 5.74) is 0. The lowest BCUT2D eigenvalue weighted by atomic mass is 10.2. The molecule has 3 heterocycles. The number of aliphatic hydroxyl groups excluding tert-OH is 1. The van der Waals surface area contributed by atoms with Crippen molar-refractivity contribution >= 4 is 23.2 Å². The molecule has 2 fully saturated rings. The highest BCUT2D eigenvalue weighted by Gasteiger charge is 2.46. The van der Waals surface area contributed by atoms with Crippen LogP contribution in [0.25, 0.3) is 0 Å². The summed E-state index contributed by atoms with van der Waals surface area (Å²) in [6.45, 7) is 0.338. The quantitative estimate of drug-likeness (QED) is 0.665. The molecule has 2 amide bonds. The molecule has 3 rings (SSSR count). The van der Waals surface area contributed by atoms with Gasteiger partial charge in [-0.05, 0) is 25.0 Å². The minimum atomic E-state index is -0.448. The van der Waals surface area contributed by atoms with Gasteiger partial charge in [0.2, 0.25) is 0 Å². The van der Waals surface area contributed by atoms with Crippen molar-refractivity contribution in [2.45, 2.75) is 38.0 Å². The van der Waals surface area contributed by atoms with Crippen LogP contribution in [0.1, 0.15) is 29.0 Å². The number of hydrogen-bond acceptors (Lipinski definition) is 5. The van der Waals surface area contributed by atoms with Crippen LogP contribution in [0.15, 0.2) is 12.1 Å². The molecule has 6 heteroatoms. The second kappa shape index (κ2) is 5.98. The third-order valence-electron chi connectivity index (χ3n) is 3.53. The van der Waals surface area contributed by atoms with E-state index in [0.717, 1.165) is 9.75 Å². The molecular formula is C15H15NO4S. The van der Waals surface area contributed by atoms with Gasteiger partial charge in [-0.15, -0.1) is 11.3 Å². The number of likely N-dealkylation sites (tertiary alicyclic amines) is 1. The smallest absolute Gasteiger partial charge is 0.258 e. The van der Waals surface area contributed by atoms with E-state index < -0.39 is 12.2 Å². The fraction of sp³-hybridized carbons (Fsp3) is 0.467. The zero-order chi connectivity index (χ0) is 14.8. The lowest BCUT2D eigenvalue weighted by Gasteiger charge is -2.29. The first-order valence-electron chi connectivity index (χ1n) is 6.88. The van der Waals surface area contributed by atoms with Crippen molar-refractivity contribution in [2.75, 3.05) is 6.61 Å². The number of nitrogens with zero attached hydrogens (tertiary/aromatic N) is 1. The summed E-state index contributed by atoms with van der Waals surface area (Å²) in [4.78, 5) is 27.4. The summed E-state index contributed by atoms with van der Waals surface area (Å²) >= 11 is 1.46. The van der Waals surface area contributed by atoms with Gasteiger partial charge in [-0.2, -0.15) is 0 Å². The largest absolute Gasteiger partial charge is 0.395 e. The molecule has 2 saturated heterocycles. The molecule has 2 aliphatic heterocycles. The molecule has 1 aromatic heterocycles. The molecule has 1 N–H and O–H groups in total. The molecule has 0 radical (unpaired) electrons. The average Bonchev–Trinajstić information content (AvgIpc) is 3.10. The first-order valence-corrected chi connectivity index (χ1v) is 7.70. The summed E-state index contributed by atoms with van der Waals surface area (Å²) in [7, 11) is 0. The highest BCUT2D eigenvalue weighted by atomic mass is 32.1. The Morgan fingerprint density at radius 2 is 2.00 bits per heavy atom. The number of ether oxygens (including phenoxy) is 1.